The zero-order chi connectivity index (χ0) is 13.9. The first-order valence-corrected chi connectivity index (χ1v) is 8.64. The van der Waals surface area contributed by atoms with Crippen molar-refractivity contribution in [1.29, 1.82) is 0 Å². The summed E-state index contributed by atoms with van der Waals surface area (Å²) in [6.07, 6.45) is 5.40. The van der Waals surface area contributed by atoms with E-state index in [2.05, 4.69) is 50.5 Å². The minimum absolute atomic E-state index is 0.463. The maximum absolute atomic E-state index is 3.72. The van der Waals surface area contributed by atoms with Crippen LogP contribution < -0.4 is 5.32 Å². The second kappa shape index (κ2) is 6.41. The first kappa shape index (κ1) is 15.1. The lowest BCUT2D eigenvalue weighted by molar-refractivity contribution is 0.115. The second-order valence-electron chi connectivity index (χ2n) is 7.08. The van der Waals surface area contributed by atoms with Crippen LogP contribution in [0.5, 0.6) is 0 Å². The highest BCUT2D eigenvalue weighted by molar-refractivity contribution is 7.09. The van der Waals surface area contributed by atoms with Crippen molar-refractivity contribution >= 4 is 11.3 Å². The zero-order valence-corrected chi connectivity index (χ0v) is 13.7. The Hall–Kier alpha value is -0.340. The fraction of sp³-hybridized carbons (Fsp3) is 0.765. The average Bonchev–Trinajstić information content (AvgIpc) is 2.83. The van der Waals surface area contributed by atoms with Gasteiger partial charge in [0.2, 0.25) is 0 Å². The fourth-order valence-corrected chi connectivity index (χ4v) is 4.29. The molecular weight excluding hydrogens is 250 g/mol. The van der Waals surface area contributed by atoms with Crippen LogP contribution in [0.1, 0.15) is 51.8 Å². The van der Waals surface area contributed by atoms with E-state index in [-0.39, 0.29) is 0 Å². The molecule has 1 fully saturated rings. The van der Waals surface area contributed by atoms with Gasteiger partial charge < -0.3 is 5.32 Å². The minimum Gasteiger partial charge on any atom is -0.314 e. The molecular formula is C17H29NS. The smallest absolute Gasteiger partial charge is 0.00988 e. The first-order valence-electron chi connectivity index (χ1n) is 7.76. The lowest BCUT2D eigenvalue weighted by Gasteiger charge is -2.42. The van der Waals surface area contributed by atoms with Crippen LogP contribution in [0.4, 0.5) is 0 Å². The Bertz CT molecular complexity index is 363. The molecule has 0 radical (unpaired) electrons. The number of nitrogens with one attached hydrogen (secondary N) is 1. The van der Waals surface area contributed by atoms with Crippen LogP contribution in [-0.4, -0.2) is 12.6 Å². The highest BCUT2D eigenvalue weighted by atomic mass is 32.1. The van der Waals surface area contributed by atoms with E-state index in [1.54, 1.807) is 4.88 Å². The third-order valence-corrected chi connectivity index (χ3v) is 5.62. The molecule has 2 heteroatoms. The molecule has 0 aromatic carbocycles. The molecule has 1 aromatic heterocycles. The van der Waals surface area contributed by atoms with Crippen LogP contribution in [0, 0.1) is 17.3 Å². The maximum atomic E-state index is 3.72. The summed E-state index contributed by atoms with van der Waals surface area (Å²) < 4.78 is 0. The maximum Gasteiger partial charge on any atom is 0.00988 e. The van der Waals surface area contributed by atoms with Gasteiger partial charge in [0, 0.05) is 10.9 Å². The van der Waals surface area contributed by atoms with Crippen molar-refractivity contribution in [2.24, 2.45) is 17.3 Å². The summed E-state index contributed by atoms with van der Waals surface area (Å²) in [7, 11) is 0. The monoisotopic (exact) mass is 279 g/mol. The van der Waals surface area contributed by atoms with E-state index >= 15 is 0 Å². The van der Waals surface area contributed by atoms with Crippen molar-refractivity contribution in [2.45, 2.75) is 59.4 Å². The average molecular weight is 279 g/mol. The van der Waals surface area contributed by atoms with E-state index < -0.39 is 0 Å². The summed E-state index contributed by atoms with van der Waals surface area (Å²) in [6, 6.07) is 5.21. The van der Waals surface area contributed by atoms with Crippen molar-refractivity contribution in [1.82, 2.24) is 5.32 Å². The molecule has 19 heavy (non-hydrogen) atoms. The van der Waals surface area contributed by atoms with Crippen molar-refractivity contribution in [3.63, 3.8) is 0 Å². The lowest BCUT2D eigenvalue weighted by Crippen LogP contribution is -2.43. The van der Waals surface area contributed by atoms with Gasteiger partial charge in [-0.2, -0.15) is 0 Å². The third kappa shape index (κ3) is 4.06. The predicted molar refractivity (Wildman–Crippen MR) is 85.8 cm³/mol. The molecule has 1 aromatic rings. The standard InChI is InChI=1S/C17H29NS/c1-5-18-16-9-8-14(17(2,3)4)11-13(16)12-15-7-6-10-19-15/h6-7,10,13-14,16,18H,5,8-9,11-12H2,1-4H3. The van der Waals surface area contributed by atoms with Gasteiger partial charge in [-0.25, -0.2) is 0 Å². The van der Waals surface area contributed by atoms with E-state index in [4.69, 9.17) is 0 Å². The molecule has 1 N–H and O–H groups in total. The molecule has 1 aliphatic carbocycles. The number of thiophene rings is 1. The summed E-state index contributed by atoms with van der Waals surface area (Å²) in [6.45, 7) is 10.6. The molecule has 1 aliphatic rings. The highest BCUT2D eigenvalue weighted by Crippen LogP contribution is 2.41. The molecule has 0 spiro atoms. The van der Waals surface area contributed by atoms with Gasteiger partial charge in [0.1, 0.15) is 0 Å². The van der Waals surface area contributed by atoms with E-state index in [1.165, 1.54) is 25.7 Å². The van der Waals surface area contributed by atoms with Gasteiger partial charge in [-0.1, -0.05) is 33.8 Å². The van der Waals surface area contributed by atoms with Crippen LogP contribution in [0.25, 0.3) is 0 Å². The minimum atomic E-state index is 0.463. The zero-order valence-electron chi connectivity index (χ0n) is 12.9. The van der Waals surface area contributed by atoms with Crippen LogP contribution in [0.15, 0.2) is 17.5 Å². The molecule has 3 atom stereocenters. The second-order valence-corrected chi connectivity index (χ2v) is 8.12. The fourth-order valence-electron chi connectivity index (χ4n) is 3.49. The van der Waals surface area contributed by atoms with Crippen molar-refractivity contribution in [3.05, 3.63) is 22.4 Å². The molecule has 0 amide bonds. The van der Waals surface area contributed by atoms with E-state index in [0.717, 1.165) is 24.4 Å². The Morgan fingerprint density at radius 3 is 2.68 bits per heavy atom. The van der Waals surface area contributed by atoms with Gasteiger partial charge in [-0.15, -0.1) is 11.3 Å². The van der Waals surface area contributed by atoms with Crippen LogP contribution in [0.3, 0.4) is 0 Å². The molecule has 0 bridgehead atoms. The number of hydrogen-bond donors (Lipinski definition) is 1. The summed E-state index contributed by atoms with van der Waals surface area (Å²) in [4.78, 5) is 1.56. The van der Waals surface area contributed by atoms with E-state index in [0.29, 0.717) is 5.41 Å². The van der Waals surface area contributed by atoms with Gasteiger partial charge in [-0.3, -0.25) is 0 Å². The first-order chi connectivity index (χ1) is 9.00. The van der Waals surface area contributed by atoms with Gasteiger partial charge in [0.25, 0.3) is 0 Å². The van der Waals surface area contributed by atoms with Crippen molar-refractivity contribution in [2.75, 3.05) is 6.54 Å². The molecule has 0 aliphatic heterocycles. The van der Waals surface area contributed by atoms with Crippen molar-refractivity contribution < 1.29 is 0 Å². The predicted octanol–water partition coefficient (Wildman–Crippen LogP) is 4.73. The SMILES string of the molecule is CCNC1CCC(C(C)(C)C)CC1Cc1cccs1. The van der Waals surface area contributed by atoms with Crippen molar-refractivity contribution in [3.8, 4) is 0 Å². The van der Waals surface area contributed by atoms with Crippen LogP contribution >= 0.6 is 11.3 Å². The Morgan fingerprint density at radius 2 is 2.11 bits per heavy atom. The number of hydrogen-bond acceptors (Lipinski definition) is 2. The van der Waals surface area contributed by atoms with Gasteiger partial charge >= 0.3 is 0 Å². The summed E-state index contributed by atoms with van der Waals surface area (Å²) in [5.74, 6) is 1.70. The summed E-state index contributed by atoms with van der Waals surface area (Å²) >= 11 is 1.92. The Morgan fingerprint density at radius 1 is 1.32 bits per heavy atom. The molecule has 3 unspecified atom stereocenters. The summed E-state index contributed by atoms with van der Waals surface area (Å²) in [5.41, 5.74) is 0.463. The quantitative estimate of drug-likeness (QED) is 0.840. The summed E-state index contributed by atoms with van der Waals surface area (Å²) in [5, 5.41) is 5.93. The van der Waals surface area contributed by atoms with E-state index in [1.807, 2.05) is 11.3 Å². The molecule has 2 rings (SSSR count). The Labute approximate surface area is 122 Å². The largest absolute Gasteiger partial charge is 0.314 e. The molecule has 1 heterocycles. The topological polar surface area (TPSA) is 12.0 Å². The van der Waals surface area contributed by atoms with Gasteiger partial charge in [-0.05, 0) is 60.9 Å². The lowest BCUT2D eigenvalue weighted by atomic mass is 9.66. The molecule has 1 nitrogen and oxygen atoms in total. The molecule has 1 saturated carbocycles. The highest BCUT2D eigenvalue weighted by Gasteiger charge is 2.35. The van der Waals surface area contributed by atoms with E-state index in [9.17, 15) is 0 Å². The van der Waals surface area contributed by atoms with Gasteiger partial charge in [0.15, 0.2) is 0 Å². The Kier molecular flexibility index (Phi) is 5.08. The number of rotatable bonds is 4. The van der Waals surface area contributed by atoms with Crippen LogP contribution in [-0.2, 0) is 6.42 Å². The third-order valence-electron chi connectivity index (χ3n) is 4.72. The molecule has 108 valence electrons. The van der Waals surface area contributed by atoms with Gasteiger partial charge in [0.05, 0.1) is 0 Å². The Balaban J connectivity index is 2.04. The normalized spacial score (nSPS) is 28.5. The molecule has 0 saturated heterocycles. The van der Waals surface area contributed by atoms with Crippen LogP contribution in [0.2, 0.25) is 0 Å².